The second kappa shape index (κ2) is 7.50. The molecule has 0 unspecified atom stereocenters. The number of aryl methyl sites for hydroxylation is 1. The third kappa shape index (κ3) is 4.01. The first-order chi connectivity index (χ1) is 13.1. The number of hydrogen-bond donors (Lipinski definition) is 1. The highest BCUT2D eigenvalue weighted by Crippen LogP contribution is 2.31. The van der Waals surface area contributed by atoms with Gasteiger partial charge in [0.1, 0.15) is 0 Å². The van der Waals surface area contributed by atoms with E-state index >= 15 is 0 Å². The molecule has 1 atom stereocenters. The molecule has 0 bridgehead atoms. The van der Waals surface area contributed by atoms with E-state index < -0.39 is 0 Å². The van der Waals surface area contributed by atoms with E-state index in [9.17, 15) is 4.79 Å². The van der Waals surface area contributed by atoms with Gasteiger partial charge >= 0.3 is 0 Å². The van der Waals surface area contributed by atoms with Gasteiger partial charge in [0.05, 0.1) is 15.9 Å². The molecule has 0 radical (unpaired) electrons. The molecule has 0 saturated heterocycles. The van der Waals surface area contributed by atoms with Crippen molar-refractivity contribution in [2.24, 2.45) is 5.41 Å². The Morgan fingerprint density at radius 1 is 1.18 bits per heavy atom. The number of nitrogens with one attached hydrogen (secondary N) is 1. The van der Waals surface area contributed by atoms with Gasteiger partial charge in [0, 0.05) is 18.5 Å². The predicted molar refractivity (Wildman–Crippen MR) is 110 cm³/mol. The highest BCUT2D eigenvalue weighted by molar-refractivity contribution is 9.10. The van der Waals surface area contributed by atoms with Crippen molar-refractivity contribution in [2.45, 2.75) is 47.6 Å². The minimum atomic E-state index is -0.0885. The highest BCUT2D eigenvalue weighted by Gasteiger charge is 2.23. The fraction of sp³-hybridized carbons (Fsp3) is 0.400. The molecule has 2 heterocycles. The maximum absolute atomic E-state index is 12.5. The topological polar surface area (TPSA) is 85.8 Å². The lowest BCUT2D eigenvalue weighted by atomic mass is 9.88. The number of aromatic nitrogens is 4. The zero-order chi connectivity index (χ0) is 20.6. The number of nitrogens with zero attached hydrogens (tertiary/aromatic N) is 4. The molecule has 1 amide bonds. The molecular formula is C20H24BrN5O2. The van der Waals surface area contributed by atoms with Crippen LogP contribution in [0.1, 0.15) is 49.6 Å². The van der Waals surface area contributed by atoms with Crippen LogP contribution in [0.5, 0.6) is 0 Å². The van der Waals surface area contributed by atoms with Crippen LogP contribution in [0.15, 0.2) is 33.2 Å². The highest BCUT2D eigenvalue weighted by atomic mass is 79.9. The first-order valence-corrected chi connectivity index (χ1v) is 9.84. The summed E-state index contributed by atoms with van der Waals surface area (Å²) in [5.74, 6) is 0.752. The van der Waals surface area contributed by atoms with E-state index in [4.69, 9.17) is 4.42 Å². The van der Waals surface area contributed by atoms with Gasteiger partial charge in [0.15, 0.2) is 5.69 Å². The van der Waals surface area contributed by atoms with E-state index in [-0.39, 0.29) is 17.4 Å². The van der Waals surface area contributed by atoms with E-state index in [1.165, 1.54) is 0 Å². The molecule has 1 N–H and O–H groups in total. The average molecular weight is 446 g/mol. The molecule has 0 fully saturated rings. The van der Waals surface area contributed by atoms with E-state index in [0.29, 0.717) is 23.0 Å². The summed E-state index contributed by atoms with van der Waals surface area (Å²) >= 11 is 3.55. The van der Waals surface area contributed by atoms with Crippen molar-refractivity contribution in [3.05, 3.63) is 45.9 Å². The molecule has 28 heavy (non-hydrogen) atoms. The molecule has 3 rings (SSSR count). The van der Waals surface area contributed by atoms with Crippen molar-refractivity contribution in [3.63, 3.8) is 0 Å². The van der Waals surface area contributed by atoms with Crippen LogP contribution in [0.4, 0.5) is 0 Å². The fourth-order valence-electron chi connectivity index (χ4n) is 2.51. The number of benzene rings is 1. The number of carbonyl (C=O) groups is 1. The Hall–Kier alpha value is -2.48. The maximum atomic E-state index is 12.5. The van der Waals surface area contributed by atoms with Crippen molar-refractivity contribution in [3.8, 4) is 17.3 Å². The van der Waals surface area contributed by atoms with Crippen LogP contribution in [0.2, 0.25) is 0 Å². The molecule has 0 aliphatic carbocycles. The van der Waals surface area contributed by atoms with Gasteiger partial charge in [-0.2, -0.15) is 5.10 Å². The molecular weight excluding hydrogens is 422 g/mol. The third-order valence-electron chi connectivity index (χ3n) is 4.79. The monoisotopic (exact) mass is 445 g/mol. The van der Waals surface area contributed by atoms with E-state index in [0.717, 1.165) is 15.9 Å². The maximum Gasteiger partial charge on any atom is 0.269 e. The molecule has 0 aliphatic heterocycles. The minimum absolute atomic E-state index is 0.00243. The molecule has 3 aromatic rings. The van der Waals surface area contributed by atoms with Crippen molar-refractivity contribution >= 4 is 21.8 Å². The SMILES string of the molecule is Cc1nnc(-c2nn(-c3ccc(C(=O)N[C@H](C)C(C)(C)C)cc3)c(C)c2Br)o1. The third-order valence-corrected chi connectivity index (χ3v) is 5.74. The van der Waals surface area contributed by atoms with Crippen LogP contribution in [0.25, 0.3) is 17.3 Å². The average Bonchev–Trinajstić information content (AvgIpc) is 3.18. The van der Waals surface area contributed by atoms with Gasteiger partial charge in [-0.25, -0.2) is 4.68 Å². The number of halogens is 1. The number of carbonyl (C=O) groups excluding carboxylic acids is 1. The van der Waals surface area contributed by atoms with Crippen molar-refractivity contribution in [1.82, 2.24) is 25.3 Å². The van der Waals surface area contributed by atoms with Crippen LogP contribution < -0.4 is 5.32 Å². The van der Waals surface area contributed by atoms with Gasteiger partial charge in [-0.15, -0.1) is 10.2 Å². The quantitative estimate of drug-likeness (QED) is 0.640. The van der Waals surface area contributed by atoms with E-state index in [1.54, 1.807) is 23.7 Å². The zero-order valence-electron chi connectivity index (χ0n) is 16.9. The molecule has 8 heteroatoms. The van der Waals surface area contributed by atoms with Crippen LogP contribution >= 0.6 is 15.9 Å². The normalized spacial score (nSPS) is 12.8. The summed E-state index contributed by atoms with van der Waals surface area (Å²) in [5.41, 5.74) is 2.92. The van der Waals surface area contributed by atoms with Gasteiger partial charge in [-0.1, -0.05) is 20.8 Å². The lowest BCUT2D eigenvalue weighted by molar-refractivity contribution is 0.0910. The predicted octanol–water partition coefficient (Wildman–Crippen LogP) is 4.47. The van der Waals surface area contributed by atoms with Crippen molar-refractivity contribution < 1.29 is 9.21 Å². The molecule has 1 aromatic carbocycles. The second-order valence-electron chi connectivity index (χ2n) is 7.89. The van der Waals surface area contributed by atoms with Crippen LogP contribution in [0, 0.1) is 19.3 Å². The Morgan fingerprint density at radius 2 is 1.82 bits per heavy atom. The van der Waals surface area contributed by atoms with Crippen LogP contribution in [0.3, 0.4) is 0 Å². The van der Waals surface area contributed by atoms with Gasteiger partial charge in [0.2, 0.25) is 5.89 Å². The van der Waals surface area contributed by atoms with Gasteiger partial charge in [-0.3, -0.25) is 4.79 Å². The number of hydrogen-bond acceptors (Lipinski definition) is 5. The lowest BCUT2D eigenvalue weighted by Crippen LogP contribution is -2.41. The molecule has 0 aliphatic rings. The summed E-state index contributed by atoms with van der Waals surface area (Å²) in [6, 6.07) is 7.39. The standard InChI is InChI=1S/C20H24BrN5O2/c1-11-16(21)17(19-24-23-13(3)28-19)25-26(11)15-9-7-14(8-10-15)18(27)22-12(2)20(4,5)6/h7-10,12H,1-6H3,(H,22,27)/t12-/m1/s1. The first kappa shape index (κ1) is 20.3. The van der Waals surface area contributed by atoms with Gasteiger partial charge in [0.25, 0.3) is 11.8 Å². The van der Waals surface area contributed by atoms with Crippen molar-refractivity contribution in [2.75, 3.05) is 0 Å². The van der Waals surface area contributed by atoms with Gasteiger partial charge < -0.3 is 9.73 Å². The summed E-state index contributed by atoms with van der Waals surface area (Å²) in [6.07, 6.45) is 0. The minimum Gasteiger partial charge on any atom is -0.420 e. The van der Waals surface area contributed by atoms with Crippen LogP contribution in [-0.4, -0.2) is 31.9 Å². The number of amides is 1. The van der Waals surface area contributed by atoms with E-state index in [1.807, 2.05) is 26.0 Å². The second-order valence-corrected chi connectivity index (χ2v) is 8.69. The Morgan fingerprint density at radius 3 is 2.36 bits per heavy atom. The Bertz CT molecular complexity index is 999. The Labute approximate surface area is 172 Å². The fourth-order valence-corrected chi connectivity index (χ4v) is 2.93. The smallest absolute Gasteiger partial charge is 0.269 e. The molecule has 148 valence electrons. The Kier molecular flexibility index (Phi) is 5.43. The van der Waals surface area contributed by atoms with Crippen LogP contribution in [-0.2, 0) is 0 Å². The Balaban J connectivity index is 1.85. The summed E-state index contributed by atoms with van der Waals surface area (Å²) in [4.78, 5) is 12.5. The summed E-state index contributed by atoms with van der Waals surface area (Å²) in [6.45, 7) is 12.0. The van der Waals surface area contributed by atoms with E-state index in [2.05, 4.69) is 57.3 Å². The molecule has 7 nitrogen and oxygen atoms in total. The lowest BCUT2D eigenvalue weighted by Gasteiger charge is -2.28. The zero-order valence-corrected chi connectivity index (χ0v) is 18.5. The summed E-state index contributed by atoms with van der Waals surface area (Å²) in [7, 11) is 0. The summed E-state index contributed by atoms with van der Waals surface area (Å²) in [5, 5.41) is 15.5. The molecule has 0 spiro atoms. The largest absolute Gasteiger partial charge is 0.420 e. The molecule has 2 aromatic heterocycles. The summed E-state index contributed by atoms with van der Waals surface area (Å²) < 4.78 is 8.05. The molecule has 0 saturated carbocycles. The number of rotatable bonds is 4. The van der Waals surface area contributed by atoms with Crippen molar-refractivity contribution in [1.29, 1.82) is 0 Å². The van der Waals surface area contributed by atoms with Gasteiger partial charge in [-0.05, 0) is 59.5 Å². The first-order valence-electron chi connectivity index (χ1n) is 9.05.